The number of nitrogens with zero attached hydrogens (tertiary/aromatic N) is 2. The van der Waals surface area contributed by atoms with Crippen molar-refractivity contribution in [2.24, 2.45) is 0 Å². The van der Waals surface area contributed by atoms with Crippen molar-refractivity contribution in [2.45, 2.75) is 38.2 Å². The SMILES string of the molecule is COC(=O)c1ccc2nc(Cc3c(F)cc(-c4cccc5c4OC(C)(c4ccc(Cl)cc4F)O5)c(F)c3F)n(C[C@@H]3CCO3)c2c1. The molecule has 0 spiro atoms. The van der Waals surface area contributed by atoms with E-state index in [1.54, 1.807) is 22.8 Å². The fourth-order valence-electron chi connectivity index (χ4n) is 5.84. The highest BCUT2D eigenvalue weighted by molar-refractivity contribution is 6.30. The molecule has 7 rings (SSSR count). The van der Waals surface area contributed by atoms with Crippen molar-refractivity contribution < 1.29 is 41.3 Å². The predicted molar refractivity (Wildman–Crippen MR) is 160 cm³/mol. The smallest absolute Gasteiger partial charge is 0.337 e. The molecule has 0 saturated carbocycles. The van der Waals surface area contributed by atoms with Gasteiger partial charge in [0, 0.05) is 41.7 Å². The molecular weight excluding hydrogens is 628 g/mol. The van der Waals surface area contributed by atoms with Gasteiger partial charge in [-0.2, -0.15) is 0 Å². The second-order valence-corrected chi connectivity index (χ2v) is 11.6. The topological polar surface area (TPSA) is 71.8 Å². The van der Waals surface area contributed by atoms with E-state index in [1.165, 1.54) is 44.4 Å². The van der Waals surface area contributed by atoms with E-state index in [9.17, 15) is 9.18 Å². The fourth-order valence-corrected chi connectivity index (χ4v) is 6.00. The van der Waals surface area contributed by atoms with Gasteiger partial charge in [0.1, 0.15) is 17.5 Å². The van der Waals surface area contributed by atoms with E-state index in [0.29, 0.717) is 24.2 Å². The number of carbonyl (C=O) groups is 1. The van der Waals surface area contributed by atoms with E-state index in [0.717, 1.165) is 18.6 Å². The zero-order valence-electron chi connectivity index (χ0n) is 24.5. The minimum absolute atomic E-state index is 0.00602. The van der Waals surface area contributed by atoms with Gasteiger partial charge in [-0.25, -0.2) is 27.3 Å². The normalized spacial score (nSPS) is 18.5. The molecule has 1 unspecified atom stereocenters. The molecule has 1 fully saturated rings. The van der Waals surface area contributed by atoms with Crippen LogP contribution in [0.2, 0.25) is 5.02 Å². The number of imidazole rings is 1. The Balaban J connectivity index is 1.26. The molecule has 5 aromatic rings. The average molecular weight is 653 g/mol. The first-order valence-corrected chi connectivity index (χ1v) is 14.8. The number of para-hydroxylation sites is 1. The van der Waals surface area contributed by atoms with Crippen molar-refractivity contribution in [1.29, 1.82) is 0 Å². The van der Waals surface area contributed by atoms with Gasteiger partial charge < -0.3 is 23.5 Å². The number of ether oxygens (including phenoxy) is 4. The maximum atomic E-state index is 15.9. The Kier molecular flexibility index (Phi) is 7.40. The van der Waals surface area contributed by atoms with Crippen LogP contribution in [0, 0.1) is 23.3 Å². The summed E-state index contributed by atoms with van der Waals surface area (Å²) in [4.78, 5) is 16.7. The molecule has 4 aromatic carbocycles. The van der Waals surface area contributed by atoms with Gasteiger partial charge in [-0.05, 0) is 55.0 Å². The van der Waals surface area contributed by atoms with Gasteiger partial charge in [0.25, 0.3) is 5.79 Å². The molecular formula is C34H25ClF4N2O5. The minimum atomic E-state index is -1.66. The average Bonchev–Trinajstić information content (AvgIpc) is 3.54. The number of methoxy groups -OCH3 is 1. The standard InChI is InChI=1S/C34H25ClF4N2O5/c1-34(23-8-7-18(35)13-25(23)37)45-28-5-3-4-20(32(28)46-34)21-14-24(36)22(31(39)30(21)38)15-29-40-26-9-6-17(33(42)43-2)12-27(26)41(29)16-19-10-11-44-19/h3-9,12-14,19H,10-11,15-16H2,1-2H3/t19-,34?/m0/s1. The summed E-state index contributed by atoms with van der Waals surface area (Å²) in [5.74, 6) is -6.21. The molecule has 3 heterocycles. The maximum Gasteiger partial charge on any atom is 0.337 e. The lowest BCUT2D eigenvalue weighted by Gasteiger charge is -2.27. The van der Waals surface area contributed by atoms with Crippen molar-refractivity contribution in [3.63, 3.8) is 0 Å². The molecule has 0 radical (unpaired) electrons. The summed E-state index contributed by atoms with van der Waals surface area (Å²) in [6.07, 6.45) is 0.240. The van der Waals surface area contributed by atoms with Gasteiger partial charge in [-0.1, -0.05) is 23.7 Å². The number of rotatable bonds is 7. The summed E-state index contributed by atoms with van der Waals surface area (Å²) in [6, 6.07) is 14.1. The number of hydrogen-bond donors (Lipinski definition) is 0. The van der Waals surface area contributed by atoms with E-state index in [-0.39, 0.29) is 51.6 Å². The molecule has 2 aliphatic heterocycles. The monoisotopic (exact) mass is 652 g/mol. The molecule has 236 valence electrons. The van der Waals surface area contributed by atoms with Gasteiger partial charge in [0.2, 0.25) is 0 Å². The van der Waals surface area contributed by atoms with E-state index >= 15 is 13.2 Å². The molecule has 0 amide bonds. The molecule has 1 aromatic heterocycles. The van der Waals surface area contributed by atoms with Crippen LogP contribution in [0.15, 0.2) is 60.7 Å². The molecule has 1 saturated heterocycles. The van der Waals surface area contributed by atoms with E-state index in [2.05, 4.69) is 4.98 Å². The number of halogens is 5. The van der Waals surface area contributed by atoms with Gasteiger partial charge in [-0.3, -0.25) is 0 Å². The van der Waals surface area contributed by atoms with Crippen molar-refractivity contribution in [1.82, 2.24) is 9.55 Å². The zero-order chi connectivity index (χ0) is 32.3. The largest absolute Gasteiger partial charge is 0.465 e. The predicted octanol–water partition coefficient (Wildman–Crippen LogP) is 7.72. The van der Waals surface area contributed by atoms with E-state index < -0.39 is 46.2 Å². The Hall–Kier alpha value is -4.61. The molecule has 0 bridgehead atoms. The maximum absolute atomic E-state index is 15.9. The van der Waals surface area contributed by atoms with Crippen molar-refractivity contribution >= 4 is 28.6 Å². The van der Waals surface area contributed by atoms with Crippen LogP contribution in [0.4, 0.5) is 17.6 Å². The van der Waals surface area contributed by atoms with Crippen molar-refractivity contribution in [3.05, 3.63) is 111 Å². The van der Waals surface area contributed by atoms with Crippen LogP contribution in [0.1, 0.15) is 40.7 Å². The summed E-state index contributed by atoms with van der Waals surface area (Å²) in [5.41, 5.74) is 0.419. The number of carbonyl (C=O) groups excluding carboxylic acids is 1. The van der Waals surface area contributed by atoms with E-state index in [4.69, 9.17) is 30.5 Å². The number of aromatic nitrogens is 2. The Morgan fingerprint density at radius 1 is 1.02 bits per heavy atom. The van der Waals surface area contributed by atoms with Crippen molar-refractivity contribution in [3.8, 4) is 22.6 Å². The molecule has 0 aliphatic carbocycles. The first kappa shape index (κ1) is 30.1. The second-order valence-electron chi connectivity index (χ2n) is 11.2. The lowest BCUT2D eigenvalue weighted by molar-refractivity contribution is -0.0705. The number of hydrogen-bond acceptors (Lipinski definition) is 6. The van der Waals surface area contributed by atoms with Crippen LogP contribution in [-0.4, -0.2) is 35.3 Å². The Labute approximate surface area is 265 Å². The molecule has 0 N–H and O–H groups in total. The zero-order valence-corrected chi connectivity index (χ0v) is 25.3. The van der Waals surface area contributed by atoms with Crippen LogP contribution in [-0.2, 0) is 28.2 Å². The summed E-state index contributed by atoms with van der Waals surface area (Å²) < 4.78 is 86.4. The number of esters is 1. The van der Waals surface area contributed by atoms with Gasteiger partial charge in [0.05, 0.1) is 41.9 Å². The molecule has 12 heteroatoms. The summed E-state index contributed by atoms with van der Waals surface area (Å²) in [7, 11) is 1.27. The highest BCUT2D eigenvalue weighted by Gasteiger charge is 2.42. The van der Waals surface area contributed by atoms with E-state index in [1.807, 2.05) is 0 Å². The fraction of sp³-hybridized carbons (Fsp3) is 0.235. The molecule has 46 heavy (non-hydrogen) atoms. The van der Waals surface area contributed by atoms with Gasteiger partial charge in [0.15, 0.2) is 23.1 Å². The molecule has 2 aliphatic rings. The third kappa shape index (κ3) is 5.03. The minimum Gasteiger partial charge on any atom is -0.465 e. The highest BCUT2D eigenvalue weighted by Crippen LogP contribution is 2.50. The first-order valence-electron chi connectivity index (χ1n) is 14.4. The number of benzene rings is 4. The third-order valence-corrected chi connectivity index (χ3v) is 8.54. The van der Waals surface area contributed by atoms with Crippen LogP contribution in [0.5, 0.6) is 11.5 Å². The summed E-state index contributed by atoms with van der Waals surface area (Å²) in [6.45, 7) is 2.38. The quantitative estimate of drug-likeness (QED) is 0.102. The van der Waals surface area contributed by atoms with Gasteiger partial charge in [-0.15, -0.1) is 0 Å². The summed E-state index contributed by atoms with van der Waals surface area (Å²) >= 11 is 5.90. The number of fused-ring (bicyclic) bond motifs is 2. The third-order valence-electron chi connectivity index (χ3n) is 8.31. The Bertz CT molecular complexity index is 2050. The lowest BCUT2D eigenvalue weighted by Crippen LogP contribution is -2.32. The van der Waals surface area contributed by atoms with Crippen LogP contribution >= 0.6 is 11.6 Å². The van der Waals surface area contributed by atoms with Crippen LogP contribution in [0.3, 0.4) is 0 Å². The summed E-state index contributed by atoms with van der Waals surface area (Å²) in [5, 5.41) is 0.173. The Morgan fingerprint density at radius 2 is 1.83 bits per heavy atom. The van der Waals surface area contributed by atoms with Crippen LogP contribution in [0.25, 0.3) is 22.2 Å². The van der Waals surface area contributed by atoms with Crippen molar-refractivity contribution in [2.75, 3.05) is 13.7 Å². The van der Waals surface area contributed by atoms with Crippen LogP contribution < -0.4 is 9.47 Å². The van der Waals surface area contributed by atoms with Gasteiger partial charge >= 0.3 is 5.97 Å². The Morgan fingerprint density at radius 3 is 2.54 bits per heavy atom. The second kappa shape index (κ2) is 11.3. The lowest BCUT2D eigenvalue weighted by atomic mass is 9.99. The highest BCUT2D eigenvalue weighted by atomic mass is 35.5. The molecule has 7 nitrogen and oxygen atoms in total. The first-order chi connectivity index (χ1) is 22.1. The molecule has 2 atom stereocenters.